The molecule has 1 atom stereocenters. The van der Waals surface area contributed by atoms with Gasteiger partial charge < -0.3 is 0 Å². The zero-order valence-corrected chi connectivity index (χ0v) is 15.1. The summed E-state index contributed by atoms with van der Waals surface area (Å²) in [4.78, 5) is 0. The van der Waals surface area contributed by atoms with Gasteiger partial charge in [0.1, 0.15) is 0 Å². The van der Waals surface area contributed by atoms with Crippen LogP contribution in [-0.2, 0) is 0 Å². The SMILES string of the molecule is CC(CCBr)CCCC(C)(C)[Se]c1ccccc1. The van der Waals surface area contributed by atoms with Crippen molar-refractivity contribution in [1.29, 1.82) is 0 Å². The number of benzene rings is 1. The first-order valence-corrected chi connectivity index (χ1v) is 9.67. The normalized spacial score (nSPS) is 13.6. The van der Waals surface area contributed by atoms with Crippen molar-refractivity contribution in [3.05, 3.63) is 30.3 Å². The van der Waals surface area contributed by atoms with Crippen LogP contribution >= 0.6 is 15.9 Å². The van der Waals surface area contributed by atoms with Crippen LogP contribution in [0.4, 0.5) is 0 Å². The molecule has 2 heteroatoms. The number of rotatable bonds is 8. The predicted molar refractivity (Wildman–Crippen MR) is 87.3 cm³/mol. The molecule has 0 aromatic heterocycles. The Labute approximate surface area is 127 Å². The quantitative estimate of drug-likeness (QED) is 0.451. The van der Waals surface area contributed by atoms with E-state index in [0.717, 1.165) is 11.2 Å². The van der Waals surface area contributed by atoms with Crippen LogP contribution in [0.5, 0.6) is 0 Å². The monoisotopic (exact) mass is 376 g/mol. The molecule has 0 heterocycles. The summed E-state index contributed by atoms with van der Waals surface area (Å²) < 4.78 is 2.02. The van der Waals surface area contributed by atoms with Crippen molar-refractivity contribution in [3.8, 4) is 0 Å². The van der Waals surface area contributed by atoms with E-state index in [-0.39, 0.29) is 0 Å². The molecule has 0 fully saturated rings. The van der Waals surface area contributed by atoms with E-state index in [4.69, 9.17) is 0 Å². The molecule has 0 N–H and O–H groups in total. The molecule has 0 aliphatic carbocycles. The third-order valence-corrected chi connectivity index (χ3v) is 6.33. The van der Waals surface area contributed by atoms with E-state index in [0.29, 0.717) is 19.3 Å². The van der Waals surface area contributed by atoms with Gasteiger partial charge >= 0.3 is 128 Å². The third kappa shape index (κ3) is 6.97. The van der Waals surface area contributed by atoms with Gasteiger partial charge in [-0.05, 0) is 0 Å². The number of halogens is 1. The van der Waals surface area contributed by atoms with Crippen LogP contribution in [0.1, 0.15) is 46.5 Å². The first kappa shape index (κ1) is 16.3. The molecule has 1 aromatic rings. The van der Waals surface area contributed by atoms with Gasteiger partial charge in [-0.3, -0.25) is 0 Å². The van der Waals surface area contributed by atoms with Crippen LogP contribution in [0, 0.1) is 5.92 Å². The Balaban J connectivity index is 2.31. The van der Waals surface area contributed by atoms with Crippen LogP contribution in [0.25, 0.3) is 0 Å². The standard InChI is InChI=1S/C16H25BrSe/c1-14(11-13-17)8-7-12-16(2,3)18-15-9-5-4-6-10-15/h4-6,9-10,14H,7-8,11-13H2,1-3H3. The van der Waals surface area contributed by atoms with E-state index >= 15 is 0 Å². The van der Waals surface area contributed by atoms with Gasteiger partial charge in [-0.15, -0.1) is 0 Å². The summed E-state index contributed by atoms with van der Waals surface area (Å²) in [5, 5.41) is 1.14. The van der Waals surface area contributed by atoms with Crippen LogP contribution in [0.2, 0.25) is 4.31 Å². The molecule has 0 amide bonds. The fourth-order valence-electron chi connectivity index (χ4n) is 2.07. The Morgan fingerprint density at radius 1 is 1.17 bits per heavy atom. The molecule has 0 nitrogen and oxygen atoms in total. The fourth-order valence-corrected chi connectivity index (χ4v) is 5.32. The van der Waals surface area contributed by atoms with Crippen molar-refractivity contribution in [2.75, 3.05) is 5.33 Å². The number of hydrogen-bond acceptors (Lipinski definition) is 0. The molecule has 0 saturated heterocycles. The Hall–Kier alpha value is 0.219. The summed E-state index contributed by atoms with van der Waals surface area (Å²) in [5.41, 5.74) is 0. The Bertz CT molecular complexity index is 321. The second-order valence-corrected chi connectivity index (χ2v) is 10.2. The summed E-state index contributed by atoms with van der Waals surface area (Å²) in [6.07, 6.45) is 5.41. The summed E-state index contributed by atoms with van der Waals surface area (Å²) >= 11 is 4.12. The van der Waals surface area contributed by atoms with Gasteiger partial charge in [0, 0.05) is 0 Å². The minimum atomic E-state index is 0.489. The summed E-state index contributed by atoms with van der Waals surface area (Å²) in [5.74, 6) is 0.865. The van der Waals surface area contributed by atoms with Crippen LogP contribution in [0.3, 0.4) is 0 Å². The number of alkyl halides is 1. The summed E-state index contributed by atoms with van der Waals surface area (Å²) in [7, 11) is 0. The molecule has 0 radical (unpaired) electrons. The van der Waals surface area contributed by atoms with Gasteiger partial charge in [0.25, 0.3) is 0 Å². The van der Waals surface area contributed by atoms with Gasteiger partial charge in [0.15, 0.2) is 0 Å². The van der Waals surface area contributed by atoms with E-state index < -0.39 is 0 Å². The van der Waals surface area contributed by atoms with Gasteiger partial charge in [0.2, 0.25) is 0 Å². The fraction of sp³-hybridized carbons (Fsp3) is 0.625. The van der Waals surface area contributed by atoms with E-state index in [1.807, 2.05) is 0 Å². The first-order valence-electron chi connectivity index (χ1n) is 6.83. The number of hydrogen-bond donors (Lipinski definition) is 0. The molecule has 0 bridgehead atoms. The topological polar surface area (TPSA) is 0 Å². The average molecular weight is 376 g/mol. The molecule has 1 unspecified atom stereocenters. The van der Waals surface area contributed by atoms with Crippen LogP contribution in [-0.4, -0.2) is 20.3 Å². The summed E-state index contributed by atoms with van der Waals surface area (Å²) in [6.45, 7) is 7.22. The maximum absolute atomic E-state index is 3.53. The average Bonchev–Trinajstić information content (AvgIpc) is 2.29. The van der Waals surface area contributed by atoms with E-state index in [2.05, 4.69) is 67.0 Å². The third-order valence-electron chi connectivity index (χ3n) is 3.22. The first-order chi connectivity index (χ1) is 8.53. The molecule has 102 valence electrons. The zero-order chi connectivity index (χ0) is 13.4. The second-order valence-electron chi connectivity index (χ2n) is 5.65. The molecular formula is C16H25BrSe. The van der Waals surface area contributed by atoms with Crippen LogP contribution in [0.15, 0.2) is 30.3 Å². The minimum absolute atomic E-state index is 0.489. The van der Waals surface area contributed by atoms with Crippen molar-refractivity contribution < 1.29 is 0 Å². The zero-order valence-electron chi connectivity index (χ0n) is 11.8. The van der Waals surface area contributed by atoms with Crippen molar-refractivity contribution in [1.82, 2.24) is 0 Å². The maximum atomic E-state index is 3.53. The molecule has 0 spiro atoms. The molecule has 0 aliphatic heterocycles. The van der Waals surface area contributed by atoms with Gasteiger partial charge in [-0.2, -0.15) is 0 Å². The second kappa shape index (κ2) is 8.40. The Morgan fingerprint density at radius 3 is 2.44 bits per heavy atom. The Kier molecular flexibility index (Phi) is 7.60. The van der Waals surface area contributed by atoms with Crippen molar-refractivity contribution in [2.45, 2.75) is 50.8 Å². The predicted octanol–water partition coefficient (Wildman–Crippen LogP) is 4.81. The molecule has 1 rings (SSSR count). The summed E-state index contributed by atoms with van der Waals surface area (Å²) in [6, 6.07) is 11.0. The van der Waals surface area contributed by atoms with E-state index in [1.54, 1.807) is 0 Å². The van der Waals surface area contributed by atoms with Crippen molar-refractivity contribution >= 4 is 35.3 Å². The Morgan fingerprint density at radius 2 is 1.83 bits per heavy atom. The van der Waals surface area contributed by atoms with Gasteiger partial charge in [0.05, 0.1) is 0 Å². The van der Waals surface area contributed by atoms with E-state index in [9.17, 15) is 0 Å². The van der Waals surface area contributed by atoms with Crippen LogP contribution < -0.4 is 4.46 Å². The molecular weight excluding hydrogens is 351 g/mol. The van der Waals surface area contributed by atoms with Crippen molar-refractivity contribution in [3.63, 3.8) is 0 Å². The molecule has 1 aromatic carbocycles. The molecule has 18 heavy (non-hydrogen) atoms. The van der Waals surface area contributed by atoms with Gasteiger partial charge in [-0.25, -0.2) is 0 Å². The molecule has 0 saturated carbocycles. The van der Waals surface area contributed by atoms with Gasteiger partial charge in [-0.1, -0.05) is 0 Å². The van der Waals surface area contributed by atoms with E-state index in [1.165, 1.54) is 30.1 Å². The molecule has 0 aliphatic rings. The van der Waals surface area contributed by atoms with Crippen molar-refractivity contribution in [2.24, 2.45) is 5.92 Å².